The van der Waals surface area contributed by atoms with Gasteiger partial charge in [-0.05, 0) is 37.4 Å². The molecule has 0 amide bonds. The molecule has 0 aromatic heterocycles. The standard InChI is InChI=1S/C18H24N2O/c1-20(2)18(16-7-5-4-6-8-16)14-19-13-15-9-11-17(21-3)12-10-15/h4-12,18-19H,13-14H2,1-3H3. The van der Waals surface area contributed by atoms with Crippen molar-refractivity contribution in [2.45, 2.75) is 12.6 Å². The first kappa shape index (κ1) is 15.5. The molecule has 3 heteroatoms. The van der Waals surface area contributed by atoms with Crippen LogP contribution in [0.2, 0.25) is 0 Å². The molecule has 2 aromatic rings. The van der Waals surface area contributed by atoms with Crippen LogP contribution in [0.5, 0.6) is 5.75 Å². The molecule has 1 atom stereocenters. The van der Waals surface area contributed by atoms with Gasteiger partial charge in [0, 0.05) is 19.1 Å². The molecule has 0 fully saturated rings. The van der Waals surface area contributed by atoms with Gasteiger partial charge in [0.15, 0.2) is 0 Å². The van der Waals surface area contributed by atoms with E-state index < -0.39 is 0 Å². The summed E-state index contributed by atoms with van der Waals surface area (Å²) in [7, 11) is 5.92. The molecule has 0 saturated heterocycles. The molecule has 0 aliphatic rings. The number of methoxy groups -OCH3 is 1. The Bertz CT molecular complexity index is 523. The lowest BCUT2D eigenvalue weighted by Crippen LogP contribution is -2.30. The Morgan fingerprint density at radius 3 is 2.24 bits per heavy atom. The monoisotopic (exact) mass is 284 g/mol. The third kappa shape index (κ3) is 4.59. The van der Waals surface area contributed by atoms with Crippen LogP contribution in [0.25, 0.3) is 0 Å². The second-order valence-corrected chi connectivity index (χ2v) is 5.37. The van der Waals surface area contributed by atoms with Gasteiger partial charge in [-0.2, -0.15) is 0 Å². The molecular formula is C18H24N2O. The molecule has 1 N–H and O–H groups in total. The molecule has 112 valence electrons. The summed E-state index contributed by atoms with van der Waals surface area (Å²) in [6.45, 7) is 1.78. The van der Waals surface area contributed by atoms with Crippen molar-refractivity contribution in [1.82, 2.24) is 10.2 Å². The number of hydrogen-bond acceptors (Lipinski definition) is 3. The third-order valence-electron chi connectivity index (χ3n) is 3.63. The third-order valence-corrected chi connectivity index (χ3v) is 3.63. The Labute approximate surface area is 127 Å². The first-order valence-electron chi connectivity index (χ1n) is 7.25. The van der Waals surface area contributed by atoms with E-state index in [0.717, 1.165) is 18.8 Å². The molecule has 21 heavy (non-hydrogen) atoms. The largest absolute Gasteiger partial charge is 0.497 e. The van der Waals surface area contributed by atoms with E-state index in [0.29, 0.717) is 6.04 Å². The van der Waals surface area contributed by atoms with Crippen LogP contribution in [0.15, 0.2) is 54.6 Å². The highest BCUT2D eigenvalue weighted by molar-refractivity contribution is 5.27. The van der Waals surface area contributed by atoms with Crippen molar-refractivity contribution < 1.29 is 4.74 Å². The smallest absolute Gasteiger partial charge is 0.118 e. The lowest BCUT2D eigenvalue weighted by atomic mass is 10.1. The SMILES string of the molecule is COc1ccc(CNCC(c2ccccc2)N(C)C)cc1. The van der Waals surface area contributed by atoms with E-state index in [9.17, 15) is 0 Å². The Morgan fingerprint density at radius 1 is 1.00 bits per heavy atom. The summed E-state index contributed by atoms with van der Waals surface area (Å²) in [5.74, 6) is 0.897. The fraction of sp³-hybridized carbons (Fsp3) is 0.333. The van der Waals surface area contributed by atoms with Crippen LogP contribution in [-0.4, -0.2) is 32.6 Å². The topological polar surface area (TPSA) is 24.5 Å². The summed E-state index contributed by atoms with van der Waals surface area (Å²) in [6.07, 6.45) is 0. The predicted molar refractivity (Wildman–Crippen MR) is 87.6 cm³/mol. The maximum absolute atomic E-state index is 5.17. The van der Waals surface area contributed by atoms with Crippen molar-refractivity contribution in [3.05, 3.63) is 65.7 Å². The Balaban J connectivity index is 1.90. The summed E-state index contributed by atoms with van der Waals surface area (Å²) in [5.41, 5.74) is 2.60. The fourth-order valence-corrected chi connectivity index (χ4v) is 2.37. The maximum Gasteiger partial charge on any atom is 0.118 e. The highest BCUT2D eigenvalue weighted by Gasteiger charge is 2.12. The summed E-state index contributed by atoms with van der Waals surface area (Å²) >= 11 is 0. The number of rotatable bonds is 7. The van der Waals surface area contributed by atoms with Crippen molar-refractivity contribution in [2.24, 2.45) is 0 Å². The lowest BCUT2D eigenvalue weighted by molar-refractivity contribution is 0.288. The lowest BCUT2D eigenvalue weighted by Gasteiger charge is -2.25. The zero-order valence-electron chi connectivity index (χ0n) is 13.0. The quantitative estimate of drug-likeness (QED) is 0.845. The number of likely N-dealkylation sites (N-methyl/N-ethyl adjacent to an activating group) is 1. The molecule has 0 spiro atoms. The van der Waals surface area contributed by atoms with E-state index >= 15 is 0 Å². The van der Waals surface area contributed by atoms with Gasteiger partial charge >= 0.3 is 0 Å². The van der Waals surface area contributed by atoms with Gasteiger partial charge in [0.1, 0.15) is 5.75 Å². The van der Waals surface area contributed by atoms with Crippen molar-refractivity contribution in [3.8, 4) is 5.75 Å². The first-order chi connectivity index (χ1) is 10.2. The van der Waals surface area contributed by atoms with Crippen molar-refractivity contribution in [3.63, 3.8) is 0 Å². The van der Waals surface area contributed by atoms with Gasteiger partial charge in [-0.3, -0.25) is 0 Å². The molecule has 0 radical (unpaired) electrons. The summed E-state index contributed by atoms with van der Waals surface area (Å²) in [6, 6.07) is 19.2. The van der Waals surface area contributed by atoms with E-state index in [1.807, 2.05) is 12.1 Å². The summed E-state index contributed by atoms with van der Waals surface area (Å²) < 4.78 is 5.17. The summed E-state index contributed by atoms with van der Waals surface area (Å²) in [4.78, 5) is 2.25. The van der Waals surface area contributed by atoms with Crippen LogP contribution in [-0.2, 0) is 6.54 Å². The maximum atomic E-state index is 5.17. The number of hydrogen-bond donors (Lipinski definition) is 1. The van der Waals surface area contributed by atoms with Crippen LogP contribution in [0.4, 0.5) is 0 Å². The van der Waals surface area contributed by atoms with Crippen LogP contribution < -0.4 is 10.1 Å². The van der Waals surface area contributed by atoms with E-state index in [1.165, 1.54) is 11.1 Å². The zero-order valence-corrected chi connectivity index (χ0v) is 13.0. The van der Waals surface area contributed by atoms with Gasteiger partial charge < -0.3 is 15.0 Å². The zero-order chi connectivity index (χ0) is 15.1. The fourth-order valence-electron chi connectivity index (χ4n) is 2.37. The molecule has 0 aliphatic heterocycles. The van der Waals surface area contributed by atoms with Gasteiger partial charge in [-0.15, -0.1) is 0 Å². The molecule has 1 unspecified atom stereocenters. The molecule has 3 nitrogen and oxygen atoms in total. The minimum atomic E-state index is 0.379. The Hall–Kier alpha value is -1.84. The van der Waals surface area contributed by atoms with Crippen molar-refractivity contribution >= 4 is 0 Å². The number of nitrogens with zero attached hydrogens (tertiary/aromatic N) is 1. The van der Waals surface area contributed by atoms with Gasteiger partial charge in [0.25, 0.3) is 0 Å². The predicted octanol–water partition coefficient (Wildman–Crippen LogP) is 3.09. The second kappa shape index (κ2) is 7.81. The highest BCUT2D eigenvalue weighted by atomic mass is 16.5. The van der Waals surface area contributed by atoms with E-state index in [1.54, 1.807) is 7.11 Å². The minimum Gasteiger partial charge on any atom is -0.497 e. The van der Waals surface area contributed by atoms with Crippen molar-refractivity contribution in [1.29, 1.82) is 0 Å². The minimum absolute atomic E-state index is 0.379. The van der Waals surface area contributed by atoms with Gasteiger partial charge in [0.2, 0.25) is 0 Å². The van der Waals surface area contributed by atoms with Crippen molar-refractivity contribution in [2.75, 3.05) is 27.7 Å². The van der Waals surface area contributed by atoms with Crippen LogP contribution in [0.3, 0.4) is 0 Å². The van der Waals surface area contributed by atoms with Crippen LogP contribution in [0.1, 0.15) is 17.2 Å². The van der Waals surface area contributed by atoms with Crippen LogP contribution >= 0.6 is 0 Å². The molecule has 0 aliphatic carbocycles. The Kier molecular flexibility index (Phi) is 5.78. The molecule has 2 aromatic carbocycles. The molecule has 0 heterocycles. The highest BCUT2D eigenvalue weighted by Crippen LogP contribution is 2.17. The van der Waals surface area contributed by atoms with E-state index in [-0.39, 0.29) is 0 Å². The average Bonchev–Trinajstić information content (AvgIpc) is 2.52. The molecular weight excluding hydrogens is 260 g/mol. The van der Waals surface area contributed by atoms with E-state index in [4.69, 9.17) is 4.74 Å². The second-order valence-electron chi connectivity index (χ2n) is 5.37. The summed E-state index contributed by atoms with van der Waals surface area (Å²) in [5, 5.41) is 3.54. The average molecular weight is 284 g/mol. The molecule has 0 bridgehead atoms. The van der Waals surface area contributed by atoms with Crippen LogP contribution in [0, 0.1) is 0 Å². The van der Waals surface area contributed by atoms with Gasteiger partial charge in [-0.1, -0.05) is 42.5 Å². The van der Waals surface area contributed by atoms with E-state index in [2.05, 4.69) is 66.8 Å². The number of benzene rings is 2. The van der Waals surface area contributed by atoms with Gasteiger partial charge in [0.05, 0.1) is 7.11 Å². The molecule has 2 rings (SSSR count). The Morgan fingerprint density at radius 2 is 1.67 bits per heavy atom. The first-order valence-corrected chi connectivity index (χ1v) is 7.25. The number of nitrogens with one attached hydrogen (secondary N) is 1. The number of ether oxygens (including phenoxy) is 1. The normalized spacial score (nSPS) is 12.4. The van der Waals surface area contributed by atoms with Gasteiger partial charge in [-0.25, -0.2) is 0 Å². The molecule has 0 saturated carbocycles.